The summed E-state index contributed by atoms with van der Waals surface area (Å²) < 4.78 is 2.11. The predicted octanol–water partition coefficient (Wildman–Crippen LogP) is 3.60. The number of carbonyl (C=O) groups is 1. The zero-order valence-electron chi connectivity index (χ0n) is 15.1. The van der Waals surface area contributed by atoms with Crippen molar-refractivity contribution in [3.05, 3.63) is 54.5 Å². The molecular formula is C21H24N4O. The molecule has 4 rings (SSSR count). The van der Waals surface area contributed by atoms with E-state index in [4.69, 9.17) is 4.98 Å². The van der Waals surface area contributed by atoms with E-state index >= 15 is 0 Å². The molecule has 5 nitrogen and oxygen atoms in total. The lowest BCUT2D eigenvalue weighted by Crippen LogP contribution is -2.29. The van der Waals surface area contributed by atoms with E-state index in [1.54, 1.807) is 0 Å². The van der Waals surface area contributed by atoms with Crippen LogP contribution < -0.4 is 5.32 Å². The Labute approximate surface area is 153 Å². The Kier molecular flexibility index (Phi) is 4.71. The average Bonchev–Trinajstić information content (AvgIpc) is 3.25. The Morgan fingerprint density at radius 2 is 1.96 bits per heavy atom. The van der Waals surface area contributed by atoms with Gasteiger partial charge < -0.3 is 14.6 Å². The number of anilines is 1. The largest absolute Gasteiger partial charge is 0.329 e. The summed E-state index contributed by atoms with van der Waals surface area (Å²) in [7, 11) is 0. The molecular weight excluding hydrogens is 324 g/mol. The molecule has 1 N–H and O–H groups in total. The van der Waals surface area contributed by atoms with Crippen molar-refractivity contribution in [2.45, 2.75) is 32.2 Å². The fraction of sp³-hybridized carbons (Fsp3) is 0.333. The fourth-order valence-electron chi connectivity index (χ4n) is 3.75. The van der Waals surface area contributed by atoms with E-state index in [1.165, 1.54) is 19.4 Å². The number of fused-ring (bicyclic) bond motifs is 1. The normalized spacial score (nSPS) is 17.7. The highest BCUT2D eigenvalue weighted by Crippen LogP contribution is 2.22. The highest BCUT2D eigenvalue weighted by molar-refractivity contribution is 5.74. The minimum Gasteiger partial charge on any atom is -0.329 e. The Morgan fingerprint density at radius 1 is 1.15 bits per heavy atom. The summed E-state index contributed by atoms with van der Waals surface area (Å²) in [6.07, 6.45) is 8.57. The van der Waals surface area contributed by atoms with Crippen LogP contribution in [-0.2, 0) is 11.2 Å². The molecule has 1 amide bonds. The van der Waals surface area contributed by atoms with Gasteiger partial charge in [-0.15, -0.1) is 0 Å². The molecule has 0 unspecified atom stereocenters. The number of hydrogen-bond acceptors (Lipinski definition) is 3. The van der Waals surface area contributed by atoms with Gasteiger partial charge in [-0.3, -0.25) is 4.79 Å². The number of hydrogen-bond donors (Lipinski definition) is 1. The molecule has 2 aromatic heterocycles. The van der Waals surface area contributed by atoms with Crippen LogP contribution in [0.15, 0.2) is 48.8 Å². The topological polar surface area (TPSA) is 49.6 Å². The van der Waals surface area contributed by atoms with E-state index < -0.39 is 0 Å². The maximum Gasteiger partial charge on any atom is 0.211 e. The number of rotatable bonds is 6. The van der Waals surface area contributed by atoms with Crippen LogP contribution in [0, 0.1) is 0 Å². The summed E-state index contributed by atoms with van der Waals surface area (Å²) in [6, 6.07) is 12.7. The molecule has 1 atom stereocenters. The first-order chi connectivity index (χ1) is 12.7. The molecule has 134 valence electrons. The lowest BCUT2D eigenvalue weighted by atomic mass is 10.1. The van der Waals surface area contributed by atoms with Crippen LogP contribution in [0.5, 0.6) is 0 Å². The molecule has 3 aromatic rings. The first kappa shape index (κ1) is 16.8. The highest BCUT2D eigenvalue weighted by atomic mass is 16.1. The first-order valence-electron chi connectivity index (χ1n) is 9.25. The third kappa shape index (κ3) is 3.48. The molecule has 1 aliphatic rings. The Bertz CT molecular complexity index is 900. The Balaban J connectivity index is 1.50. The summed E-state index contributed by atoms with van der Waals surface area (Å²) in [6.45, 7) is 4.62. The van der Waals surface area contributed by atoms with E-state index in [2.05, 4.69) is 46.1 Å². The van der Waals surface area contributed by atoms with E-state index in [0.29, 0.717) is 12.5 Å². The lowest BCUT2D eigenvalue weighted by molar-refractivity contribution is -0.105. The number of pyridine rings is 1. The molecule has 0 saturated carbocycles. The van der Waals surface area contributed by atoms with Gasteiger partial charge in [0.2, 0.25) is 6.41 Å². The second-order valence-electron chi connectivity index (χ2n) is 7.03. The molecule has 1 saturated heterocycles. The summed E-state index contributed by atoms with van der Waals surface area (Å²) in [5.74, 6) is 0. The summed E-state index contributed by atoms with van der Waals surface area (Å²) in [5.41, 5.74) is 5.17. The summed E-state index contributed by atoms with van der Waals surface area (Å²) >= 11 is 0. The maximum atomic E-state index is 10.5. The zero-order chi connectivity index (χ0) is 17.9. The van der Waals surface area contributed by atoms with Crippen LogP contribution in [0.4, 0.5) is 5.69 Å². The van der Waals surface area contributed by atoms with Crippen molar-refractivity contribution in [1.82, 2.24) is 14.3 Å². The van der Waals surface area contributed by atoms with Gasteiger partial charge in [-0.05, 0) is 61.7 Å². The molecule has 0 radical (unpaired) electrons. The molecule has 26 heavy (non-hydrogen) atoms. The summed E-state index contributed by atoms with van der Waals surface area (Å²) in [5, 5.41) is 2.66. The zero-order valence-corrected chi connectivity index (χ0v) is 15.1. The van der Waals surface area contributed by atoms with Crippen LogP contribution in [0.2, 0.25) is 0 Å². The summed E-state index contributed by atoms with van der Waals surface area (Å²) in [4.78, 5) is 17.8. The minimum absolute atomic E-state index is 0.691. The van der Waals surface area contributed by atoms with E-state index in [0.717, 1.165) is 41.1 Å². The molecule has 5 heteroatoms. The van der Waals surface area contributed by atoms with Crippen molar-refractivity contribution < 1.29 is 4.79 Å². The predicted molar refractivity (Wildman–Crippen MR) is 104 cm³/mol. The number of benzene rings is 1. The van der Waals surface area contributed by atoms with Crippen LogP contribution >= 0.6 is 0 Å². The van der Waals surface area contributed by atoms with Gasteiger partial charge in [0.05, 0.1) is 5.69 Å². The number of nitrogens with one attached hydrogen (secondary N) is 1. The number of imidazole rings is 1. The molecule has 3 heterocycles. The van der Waals surface area contributed by atoms with Crippen molar-refractivity contribution in [3.63, 3.8) is 0 Å². The molecule has 1 fully saturated rings. The van der Waals surface area contributed by atoms with Gasteiger partial charge in [0, 0.05) is 37.1 Å². The molecule has 1 aliphatic heterocycles. The fourth-order valence-corrected chi connectivity index (χ4v) is 3.75. The molecule has 0 bridgehead atoms. The van der Waals surface area contributed by atoms with Gasteiger partial charge in [-0.25, -0.2) is 4.98 Å². The van der Waals surface area contributed by atoms with E-state index in [9.17, 15) is 4.79 Å². The highest BCUT2D eigenvalue weighted by Gasteiger charge is 2.19. The lowest BCUT2D eigenvalue weighted by Gasteiger charge is -2.19. The van der Waals surface area contributed by atoms with Crippen molar-refractivity contribution in [1.29, 1.82) is 0 Å². The van der Waals surface area contributed by atoms with Crippen LogP contribution in [0.25, 0.3) is 16.8 Å². The first-order valence-corrected chi connectivity index (χ1v) is 9.25. The average molecular weight is 348 g/mol. The Hall–Kier alpha value is -2.66. The number of nitrogens with zero attached hydrogens (tertiary/aromatic N) is 3. The van der Waals surface area contributed by atoms with E-state index in [1.807, 2.05) is 24.3 Å². The minimum atomic E-state index is 0.691. The standard InChI is InChI=1S/C21H24N4O/c1-16-3-2-11-24(16)12-10-20-14-25-13-18(6-9-21(25)23-20)17-4-7-19(8-5-17)22-15-26/h4-9,13-16H,2-3,10-12H2,1H3,(H,22,26)/t16-/m1/s1. The van der Waals surface area contributed by atoms with Crippen molar-refractivity contribution >= 4 is 17.7 Å². The Morgan fingerprint density at radius 3 is 2.69 bits per heavy atom. The molecule has 1 aromatic carbocycles. The van der Waals surface area contributed by atoms with Gasteiger partial charge in [0.15, 0.2) is 0 Å². The number of likely N-dealkylation sites (tertiary alicyclic amines) is 1. The smallest absolute Gasteiger partial charge is 0.211 e. The van der Waals surface area contributed by atoms with Crippen LogP contribution in [-0.4, -0.2) is 39.8 Å². The van der Waals surface area contributed by atoms with Gasteiger partial charge in [0.25, 0.3) is 0 Å². The van der Waals surface area contributed by atoms with E-state index in [-0.39, 0.29) is 0 Å². The van der Waals surface area contributed by atoms with Crippen LogP contribution in [0.1, 0.15) is 25.5 Å². The van der Waals surface area contributed by atoms with Crippen molar-refractivity contribution in [2.24, 2.45) is 0 Å². The molecule has 0 spiro atoms. The van der Waals surface area contributed by atoms with Gasteiger partial charge in [-0.2, -0.15) is 0 Å². The third-order valence-corrected chi connectivity index (χ3v) is 5.29. The maximum absolute atomic E-state index is 10.5. The second kappa shape index (κ2) is 7.30. The van der Waals surface area contributed by atoms with Gasteiger partial charge >= 0.3 is 0 Å². The monoisotopic (exact) mass is 348 g/mol. The SMILES string of the molecule is C[C@@H]1CCCN1CCc1cn2cc(-c3ccc(NC=O)cc3)ccc2n1. The van der Waals surface area contributed by atoms with Crippen molar-refractivity contribution in [3.8, 4) is 11.1 Å². The number of carbonyl (C=O) groups excluding carboxylic acids is 1. The van der Waals surface area contributed by atoms with Crippen LogP contribution in [0.3, 0.4) is 0 Å². The number of amides is 1. The van der Waals surface area contributed by atoms with Gasteiger partial charge in [0.1, 0.15) is 5.65 Å². The van der Waals surface area contributed by atoms with Crippen molar-refractivity contribution in [2.75, 3.05) is 18.4 Å². The number of aromatic nitrogens is 2. The molecule has 0 aliphatic carbocycles. The quantitative estimate of drug-likeness (QED) is 0.693. The van der Waals surface area contributed by atoms with Gasteiger partial charge in [-0.1, -0.05) is 12.1 Å². The third-order valence-electron chi connectivity index (χ3n) is 5.29. The second-order valence-corrected chi connectivity index (χ2v) is 7.03.